The molecule has 1 saturated heterocycles. The minimum atomic E-state index is -0.308. The molecule has 3 aromatic rings. The molecular weight excluding hydrogens is 310 g/mol. The number of furan rings is 1. The van der Waals surface area contributed by atoms with Crippen LogP contribution in [0.15, 0.2) is 51.9 Å². The summed E-state index contributed by atoms with van der Waals surface area (Å²) in [5.74, 6) is 0.453. The van der Waals surface area contributed by atoms with E-state index in [0.717, 1.165) is 0 Å². The van der Waals surface area contributed by atoms with Gasteiger partial charge in [0.25, 0.3) is 11.5 Å². The van der Waals surface area contributed by atoms with Crippen LogP contribution in [0.4, 0.5) is 0 Å². The lowest BCUT2D eigenvalue weighted by molar-refractivity contribution is -0.0322. The first-order chi connectivity index (χ1) is 11.7. The summed E-state index contributed by atoms with van der Waals surface area (Å²) in [6, 6.07) is 10.6. The van der Waals surface area contributed by atoms with Crippen molar-refractivity contribution in [2.45, 2.75) is 6.10 Å². The Hall–Kier alpha value is -2.93. The number of fused-ring (bicyclic) bond motifs is 1. The lowest BCUT2D eigenvalue weighted by atomic mass is 10.1. The highest BCUT2D eigenvalue weighted by Crippen LogP contribution is 2.24. The van der Waals surface area contributed by atoms with Crippen molar-refractivity contribution < 1.29 is 13.9 Å². The molecule has 1 N–H and O–H groups in total. The molecule has 24 heavy (non-hydrogen) atoms. The summed E-state index contributed by atoms with van der Waals surface area (Å²) in [4.78, 5) is 26.4. The molecule has 0 radical (unpaired) electrons. The summed E-state index contributed by atoms with van der Waals surface area (Å²) in [5.41, 5.74) is -0.0668. The number of aromatic nitrogens is 2. The van der Waals surface area contributed by atoms with Crippen LogP contribution in [0.5, 0.6) is 0 Å². The van der Waals surface area contributed by atoms with E-state index in [4.69, 9.17) is 9.15 Å². The van der Waals surface area contributed by atoms with Crippen LogP contribution in [0.25, 0.3) is 10.8 Å². The van der Waals surface area contributed by atoms with Crippen molar-refractivity contribution in [3.63, 3.8) is 0 Å². The average molecular weight is 325 g/mol. The lowest BCUT2D eigenvalue weighted by Gasteiger charge is -2.31. The third kappa shape index (κ3) is 2.48. The monoisotopic (exact) mass is 325 g/mol. The number of nitrogens with one attached hydrogen (secondary N) is 1. The number of carbonyl (C=O) groups excluding carboxylic acids is 1. The van der Waals surface area contributed by atoms with Gasteiger partial charge in [-0.05, 0) is 18.2 Å². The maximum atomic E-state index is 12.9. The normalized spacial score (nSPS) is 18.0. The molecule has 1 fully saturated rings. The number of rotatable bonds is 2. The van der Waals surface area contributed by atoms with Gasteiger partial charge in [0.1, 0.15) is 11.9 Å². The Morgan fingerprint density at radius 1 is 1.21 bits per heavy atom. The first-order valence-corrected chi connectivity index (χ1v) is 7.66. The number of hydrogen-bond donors (Lipinski definition) is 1. The van der Waals surface area contributed by atoms with Gasteiger partial charge in [-0.2, -0.15) is 5.10 Å². The van der Waals surface area contributed by atoms with Crippen molar-refractivity contribution in [2.24, 2.45) is 0 Å². The molecule has 1 atom stereocenters. The van der Waals surface area contributed by atoms with Crippen molar-refractivity contribution in [1.29, 1.82) is 0 Å². The number of morpholine rings is 1. The van der Waals surface area contributed by atoms with Crippen LogP contribution in [0.2, 0.25) is 0 Å². The second kappa shape index (κ2) is 5.93. The van der Waals surface area contributed by atoms with Crippen LogP contribution in [0, 0.1) is 0 Å². The number of aromatic amines is 1. The zero-order valence-corrected chi connectivity index (χ0v) is 12.8. The maximum absolute atomic E-state index is 12.9. The van der Waals surface area contributed by atoms with Gasteiger partial charge in [-0.15, -0.1) is 0 Å². The van der Waals surface area contributed by atoms with Gasteiger partial charge in [-0.1, -0.05) is 18.2 Å². The van der Waals surface area contributed by atoms with E-state index >= 15 is 0 Å². The summed E-state index contributed by atoms with van der Waals surface area (Å²) in [6.07, 6.45) is 1.28. The van der Waals surface area contributed by atoms with Crippen molar-refractivity contribution in [1.82, 2.24) is 15.1 Å². The summed E-state index contributed by atoms with van der Waals surface area (Å²) in [7, 11) is 0. The second-order valence-corrected chi connectivity index (χ2v) is 5.57. The molecular formula is C17H15N3O4. The topological polar surface area (TPSA) is 88.4 Å². The highest BCUT2D eigenvalue weighted by atomic mass is 16.5. The number of ether oxygens (including phenoxy) is 1. The van der Waals surface area contributed by atoms with Gasteiger partial charge in [0.15, 0.2) is 5.69 Å². The number of benzene rings is 1. The number of nitrogens with zero attached hydrogens (tertiary/aromatic N) is 2. The Morgan fingerprint density at radius 2 is 2.04 bits per heavy atom. The highest BCUT2D eigenvalue weighted by molar-refractivity contribution is 6.04. The molecule has 1 aliphatic heterocycles. The van der Waals surface area contributed by atoms with Crippen LogP contribution in [0.1, 0.15) is 22.4 Å². The fraction of sp³-hybridized carbons (Fsp3) is 0.235. The Kier molecular flexibility index (Phi) is 3.62. The van der Waals surface area contributed by atoms with Gasteiger partial charge in [0, 0.05) is 11.9 Å². The fourth-order valence-corrected chi connectivity index (χ4v) is 2.91. The van der Waals surface area contributed by atoms with Gasteiger partial charge >= 0.3 is 0 Å². The van der Waals surface area contributed by atoms with Crippen LogP contribution in [-0.4, -0.2) is 40.7 Å². The first kappa shape index (κ1) is 14.6. The molecule has 1 aromatic carbocycles. The predicted octanol–water partition coefficient (Wildman–Crippen LogP) is 1.73. The molecule has 4 rings (SSSR count). The van der Waals surface area contributed by atoms with Gasteiger partial charge in [0.05, 0.1) is 24.8 Å². The maximum Gasteiger partial charge on any atom is 0.275 e. The molecule has 1 aliphatic rings. The summed E-state index contributed by atoms with van der Waals surface area (Å²) in [5, 5.41) is 7.37. The van der Waals surface area contributed by atoms with Crippen LogP contribution < -0.4 is 5.56 Å². The second-order valence-electron chi connectivity index (χ2n) is 5.57. The quantitative estimate of drug-likeness (QED) is 0.775. The highest BCUT2D eigenvalue weighted by Gasteiger charge is 2.29. The van der Waals surface area contributed by atoms with Gasteiger partial charge in [-0.3, -0.25) is 9.59 Å². The van der Waals surface area contributed by atoms with E-state index in [-0.39, 0.29) is 23.3 Å². The smallest absolute Gasteiger partial charge is 0.275 e. The molecule has 3 heterocycles. The molecule has 0 saturated carbocycles. The van der Waals surface area contributed by atoms with E-state index in [1.54, 1.807) is 41.5 Å². The van der Waals surface area contributed by atoms with Crippen LogP contribution in [-0.2, 0) is 4.74 Å². The fourth-order valence-electron chi connectivity index (χ4n) is 2.91. The molecule has 7 nitrogen and oxygen atoms in total. The minimum absolute atomic E-state index is 0.234. The number of amides is 1. The largest absolute Gasteiger partial charge is 0.467 e. The summed E-state index contributed by atoms with van der Waals surface area (Å²) >= 11 is 0. The van der Waals surface area contributed by atoms with E-state index in [1.165, 1.54) is 0 Å². The number of carbonyl (C=O) groups is 1. The van der Waals surface area contributed by atoms with Crippen molar-refractivity contribution in [3.8, 4) is 0 Å². The minimum Gasteiger partial charge on any atom is -0.467 e. The molecule has 0 unspecified atom stereocenters. The Balaban J connectivity index is 1.66. The molecule has 0 bridgehead atoms. The van der Waals surface area contributed by atoms with Crippen molar-refractivity contribution >= 4 is 16.7 Å². The summed E-state index contributed by atoms with van der Waals surface area (Å²) < 4.78 is 11.0. The first-order valence-electron chi connectivity index (χ1n) is 7.66. The SMILES string of the molecule is O=C(c1n[nH]c(=O)c2ccccc12)N1CCO[C@H](c2ccco2)C1. The number of hydrogen-bond acceptors (Lipinski definition) is 5. The third-order valence-electron chi connectivity index (χ3n) is 4.11. The van der Waals surface area contributed by atoms with E-state index in [9.17, 15) is 9.59 Å². The Morgan fingerprint density at radius 3 is 2.83 bits per heavy atom. The van der Waals surface area contributed by atoms with Crippen molar-refractivity contribution in [3.05, 3.63) is 64.5 Å². The van der Waals surface area contributed by atoms with E-state index < -0.39 is 0 Å². The lowest BCUT2D eigenvalue weighted by Crippen LogP contribution is -2.42. The molecule has 122 valence electrons. The van der Waals surface area contributed by atoms with E-state index in [0.29, 0.717) is 36.2 Å². The van der Waals surface area contributed by atoms with E-state index in [2.05, 4.69) is 10.2 Å². The Bertz CT molecular complexity index is 932. The third-order valence-corrected chi connectivity index (χ3v) is 4.11. The molecule has 1 amide bonds. The van der Waals surface area contributed by atoms with Gasteiger partial charge < -0.3 is 14.1 Å². The standard InChI is InChI=1S/C17H15N3O4/c21-16-12-5-2-1-4-11(12)15(18-19-16)17(22)20-7-9-24-14(10-20)13-6-3-8-23-13/h1-6,8,14H,7,9-10H2,(H,19,21)/t14-/m0/s1. The van der Waals surface area contributed by atoms with Crippen molar-refractivity contribution in [2.75, 3.05) is 19.7 Å². The summed E-state index contributed by atoms with van der Waals surface area (Å²) in [6.45, 7) is 1.26. The Labute approximate surface area is 136 Å². The van der Waals surface area contributed by atoms with Crippen LogP contribution in [0.3, 0.4) is 0 Å². The van der Waals surface area contributed by atoms with Gasteiger partial charge in [0.2, 0.25) is 0 Å². The average Bonchev–Trinajstić information content (AvgIpc) is 3.17. The molecule has 2 aromatic heterocycles. The zero-order valence-electron chi connectivity index (χ0n) is 12.8. The molecule has 0 aliphatic carbocycles. The molecule has 7 heteroatoms. The molecule has 0 spiro atoms. The predicted molar refractivity (Wildman–Crippen MR) is 85.7 cm³/mol. The number of H-pyrrole nitrogens is 1. The van der Waals surface area contributed by atoms with Crippen LogP contribution >= 0.6 is 0 Å². The van der Waals surface area contributed by atoms with E-state index in [1.807, 2.05) is 6.07 Å². The zero-order chi connectivity index (χ0) is 16.5. The van der Waals surface area contributed by atoms with Gasteiger partial charge in [-0.25, -0.2) is 5.10 Å².